The van der Waals surface area contributed by atoms with Crippen LogP contribution in [0.4, 0.5) is 0 Å². The first-order chi connectivity index (χ1) is 11.4. The maximum Gasteiger partial charge on any atom is 0.0619 e. The fraction of sp³-hybridized carbons (Fsp3) is 0.545. The van der Waals surface area contributed by atoms with Crippen molar-refractivity contribution in [1.29, 1.82) is 0 Å². The average Bonchev–Trinajstić information content (AvgIpc) is 2.53. The molecule has 1 N–H and O–H groups in total. The van der Waals surface area contributed by atoms with Crippen molar-refractivity contribution in [1.82, 2.24) is 4.90 Å². The quantitative estimate of drug-likeness (QED) is 0.845. The van der Waals surface area contributed by atoms with E-state index in [1.807, 2.05) is 13.8 Å². The lowest BCUT2D eigenvalue weighted by molar-refractivity contribution is -0.0123. The van der Waals surface area contributed by atoms with Gasteiger partial charge in [0.2, 0.25) is 0 Å². The summed E-state index contributed by atoms with van der Waals surface area (Å²) in [6.45, 7) is 8.21. The standard InChI is InChI=1S/C22H31NO/c1-17-6-4-7-18-8-5-9-19(14-18)16-23(15-17)21-12-10-20(11-13-21)22(2,3)24/h4-9,14,20-21,24H,10-13,15-16H2,1-3H3/b7-4-,17-6+. The third-order valence-electron chi connectivity index (χ3n) is 5.67. The van der Waals surface area contributed by atoms with E-state index in [1.165, 1.54) is 29.5 Å². The molecule has 1 aromatic rings. The van der Waals surface area contributed by atoms with Crippen LogP contribution < -0.4 is 0 Å². The summed E-state index contributed by atoms with van der Waals surface area (Å²) < 4.78 is 0. The Morgan fingerprint density at radius 2 is 1.83 bits per heavy atom. The summed E-state index contributed by atoms with van der Waals surface area (Å²) in [6.07, 6.45) is 11.3. The first kappa shape index (κ1) is 17.4. The molecule has 1 aromatic carbocycles. The van der Waals surface area contributed by atoms with Crippen molar-refractivity contribution in [3.8, 4) is 0 Å². The molecule has 1 aliphatic carbocycles. The number of aliphatic hydroxyl groups is 1. The van der Waals surface area contributed by atoms with Crippen molar-refractivity contribution < 1.29 is 5.11 Å². The molecule has 0 aromatic heterocycles. The SMILES string of the molecule is C/C1=C\C=C/c2cccc(c2)CN(C2CCC(C(C)(C)O)CC2)C1. The zero-order valence-corrected chi connectivity index (χ0v) is 15.3. The first-order valence-electron chi connectivity index (χ1n) is 9.31. The van der Waals surface area contributed by atoms with E-state index < -0.39 is 5.60 Å². The minimum Gasteiger partial charge on any atom is -0.390 e. The van der Waals surface area contributed by atoms with E-state index in [1.54, 1.807) is 0 Å². The molecule has 0 radical (unpaired) electrons. The van der Waals surface area contributed by atoms with Gasteiger partial charge in [-0.15, -0.1) is 0 Å². The highest BCUT2D eigenvalue weighted by atomic mass is 16.3. The van der Waals surface area contributed by atoms with Crippen LogP contribution in [0.1, 0.15) is 57.6 Å². The van der Waals surface area contributed by atoms with E-state index in [9.17, 15) is 5.11 Å². The Hall–Kier alpha value is -1.38. The summed E-state index contributed by atoms with van der Waals surface area (Å²) in [4.78, 5) is 2.64. The van der Waals surface area contributed by atoms with Crippen LogP contribution in [0.25, 0.3) is 6.08 Å². The van der Waals surface area contributed by atoms with Crippen LogP contribution >= 0.6 is 0 Å². The van der Waals surface area contributed by atoms with Crippen LogP contribution in [0.5, 0.6) is 0 Å². The van der Waals surface area contributed by atoms with Gasteiger partial charge in [-0.1, -0.05) is 48.1 Å². The molecule has 0 unspecified atom stereocenters. The van der Waals surface area contributed by atoms with Crippen LogP contribution in [0.15, 0.2) is 42.0 Å². The summed E-state index contributed by atoms with van der Waals surface area (Å²) >= 11 is 0. The van der Waals surface area contributed by atoms with Crippen molar-refractivity contribution in [3.63, 3.8) is 0 Å². The van der Waals surface area contributed by atoms with Gasteiger partial charge in [0, 0.05) is 19.1 Å². The van der Waals surface area contributed by atoms with Crippen LogP contribution in [0.3, 0.4) is 0 Å². The molecule has 130 valence electrons. The van der Waals surface area contributed by atoms with Crippen LogP contribution in [-0.4, -0.2) is 28.2 Å². The molecule has 1 aliphatic heterocycles. The van der Waals surface area contributed by atoms with E-state index in [0.29, 0.717) is 12.0 Å². The minimum absolute atomic E-state index is 0.442. The summed E-state index contributed by atoms with van der Waals surface area (Å²) in [5.41, 5.74) is 3.56. The van der Waals surface area contributed by atoms with Gasteiger partial charge in [0.25, 0.3) is 0 Å². The fourth-order valence-corrected chi connectivity index (χ4v) is 4.19. The molecule has 0 saturated heterocycles. The molecular formula is C22H31NO. The van der Waals surface area contributed by atoms with Crippen LogP contribution in [0.2, 0.25) is 0 Å². The van der Waals surface area contributed by atoms with Crippen molar-refractivity contribution in [2.24, 2.45) is 5.92 Å². The second kappa shape index (κ2) is 7.25. The molecule has 0 amide bonds. The predicted octanol–water partition coefficient (Wildman–Crippen LogP) is 4.79. The second-order valence-corrected chi connectivity index (χ2v) is 8.18. The first-order valence-corrected chi connectivity index (χ1v) is 9.31. The van der Waals surface area contributed by atoms with Gasteiger partial charge >= 0.3 is 0 Å². The number of fused-ring (bicyclic) bond motifs is 2. The van der Waals surface area contributed by atoms with Gasteiger partial charge in [-0.2, -0.15) is 0 Å². The number of rotatable bonds is 2. The lowest BCUT2D eigenvalue weighted by atomic mass is 9.76. The topological polar surface area (TPSA) is 23.5 Å². The molecule has 2 heteroatoms. The summed E-state index contributed by atoms with van der Waals surface area (Å²) in [5.74, 6) is 0.442. The number of hydrogen-bond acceptors (Lipinski definition) is 2. The van der Waals surface area contributed by atoms with Gasteiger partial charge in [0.15, 0.2) is 0 Å². The Bertz CT molecular complexity index is 615. The highest BCUT2D eigenvalue weighted by molar-refractivity contribution is 5.52. The fourth-order valence-electron chi connectivity index (χ4n) is 4.19. The maximum absolute atomic E-state index is 10.3. The lowest BCUT2D eigenvalue weighted by Crippen LogP contribution is -2.42. The van der Waals surface area contributed by atoms with Gasteiger partial charge in [-0.05, 0) is 63.5 Å². The Kier molecular flexibility index (Phi) is 5.27. The van der Waals surface area contributed by atoms with E-state index in [2.05, 4.69) is 54.3 Å². The molecule has 2 bridgehead atoms. The highest BCUT2D eigenvalue weighted by Gasteiger charge is 2.33. The molecule has 0 spiro atoms. The van der Waals surface area contributed by atoms with E-state index in [0.717, 1.165) is 25.9 Å². The average molecular weight is 325 g/mol. The largest absolute Gasteiger partial charge is 0.390 e. The number of nitrogens with zero attached hydrogens (tertiary/aromatic N) is 1. The zero-order valence-electron chi connectivity index (χ0n) is 15.3. The molecule has 0 atom stereocenters. The maximum atomic E-state index is 10.3. The zero-order chi connectivity index (χ0) is 17.2. The molecule has 1 heterocycles. The number of hydrogen-bond donors (Lipinski definition) is 1. The van der Waals surface area contributed by atoms with Crippen molar-refractivity contribution in [2.75, 3.05) is 6.54 Å². The Labute approximate surface area is 146 Å². The summed E-state index contributed by atoms with van der Waals surface area (Å²) in [5, 5.41) is 10.3. The summed E-state index contributed by atoms with van der Waals surface area (Å²) in [6, 6.07) is 9.51. The normalized spacial score (nSPS) is 29.6. The molecule has 2 aliphatic rings. The third-order valence-corrected chi connectivity index (χ3v) is 5.67. The predicted molar refractivity (Wildman–Crippen MR) is 102 cm³/mol. The number of benzene rings is 1. The van der Waals surface area contributed by atoms with E-state index >= 15 is 0 Å². The summed E-state index contributed by atoms with van der Waals surface area (Å²) in [7, 11) is 0. The smallest absolute Gasteiger partial charge is 0.0619 e. The number of allylic oxidation sites excluding steroid dienone is 2. The third kappa shape index (κ3) is 4.37. The van der Waals surface area contributed by atoms with Gasteiger partial charge in [-0.3, -0.25) is 4.90 Å². The second-order valence-electron chi connectivity index (χ2n) is 8.18. The van der Waals surface area contributed by atoms with E-state index in [-0.39, 0.29) is 0 Å². The van der Waals surface area contributed by atoms with Crippen molar-refractivity contribution >= 4 is 6.08 Å². The Morgan fingerprint density at radius 3 is 2.54 bits per heavy atom. The Balaban J connectivity index is 1.75. The van der Waals surface area contributed by atoms with E-state index in [4.69, 9.17) is 0 Å². The van der Waals surface area contributed by atoms with Gasteiger partial charge in [0.05, 0.1) is 5.60 Å². The monoisotopic (exact) mass is 325 g/mol. The van der Waals surface area contributed by atoms with Crippen molar-refractivity contribution in [3.05, 3.63) is 53.1 Å². The minimum atomic E-state index is -0.536. The molecular weight excluding hydrogens is 294 g/mol. The Morgan fingerprint density at radius 1 is 1.08 bits per heavy atom. The lowest BCUT2D eigenvalue weighted by Gasteiger charge is -2.40. The highest BCUT2D eigenvalue weighted by Crippen LogP contribution is 2.35. The van der Waals surface area contributed by atoms with Crippen LogP contribution in [-0.2, 0) is 6.54 Å². The molecule has 2 nitrogen and oxygen atoms in total. The van der Waals surface area contributed by atoms with Crippen molar-refractivity contribution in [2.45, 2.75) is 64.6 Å². The molecule has 24 heavy (non-hydrogen) atoms. The van der Waals surface area contributed by atoms with Crippen LogP contribution in [0, 0.1) is 5.92 Å². The molecule has 3 rings (SSSR count). The van der Waals surface area contributed by atoms with Gasteiger partial charge in [-0.25, -0.2) is 0 Å². The van der Waals surface area contributed by atoms with Gasteiger partial charge < -0.3 is 5.11 Å². The molecule has 1 saturated carbocycles. The van der Waals surface area contributed by atoms with Gasteiger partial charge in [0.1, 0.15) is 0 Å². The molecule has 1 fully saturated rings.